The second-order valence-corrected chi connectivity index (χ2v) is 8.90. The van der Waals surface area contributed by atoms with Crippen LogP contribution in [0.4, 0.5) is 0 Å². The molecule has 3 aromatic rings. The van der Waals surface area contributed by atoms with E-state index in [9.17, 15) is 9.59 Å². The summed E-state index contributed by atoms with van der Waals surface area (Å²) < 4.78 is 1.67. The van der Waals surface area contributed by atoms with Gasteiger partial charge in [-0.3, -0.25) is 14.3 Å². The first-order chi connectivity index (χ1) is 15.6. The number of nitrogens with zero attached hydrogens (tertiary/aromatic N) is 3. The number of aromatic nitrogens is 2. The number of carbonyl (C=O) groups excluding carboxylic acids is 2. The van der Waals surface area contributed by atoms with Gasteiger partial charge in [-0.1, -0.05) is 48.0 Å². The van der Waals surface area contributed by atoms with Crippen LogP contribution in [0.3, 0.4) is 0 Å². The first-order valence-electron chi connectivity index (χ1n) is 11.1. The lowest BCUT2D eigenvalue weighted by Gasteiger charge is -2.26. The van der Waals surface area contributed by atoms with Crippen molar-refractivity contribution in [1.29, 1.82) is 0 Å². The van der Waals surface area contributed by atoms with E-state index in [0.717, 1.165) is 31.2 Å². The summed E-state index contributed by atoms with van der Waals surface area (Å²) in [5.41, 5.74) is 4.25. The van der Waals surface area contributed by atoms with Crippen LogP contribution in [0, 0.1) is 0 Å². The van der Waals surface area contributed by atoms with E-state index in [1.54, 1.807) is 10.7 Å². The maximum Gasteiger partial charge on any atom is 0.272 e. The van der Waals surface area contributed by atoms with Gasteiger partial charge >= 0.3 is 0 Å². The lowest BCUT2D eigenvalue weighted by molar-refractivity contribution is 0.0745. The summed E-state index contributed by atoms with van der Waals surface area (Å²) in [6, 6.07) is 17.4. The molecule has 2 amide bonds. The van der Waals surface area contributed by atoms with Crippen molar-refractivity contribution in [2.75, 3.05) is 6.54 Å². The van der Waals surface area contributed by atoms with Gasteiger partial charge in [-0.15, -0.1) is 0 Å². The number of hydrogen-bond acceptors (Lipinski definition) is 3. The fraction of sp³-hybridized carbons (Fsp3) is 0.320. The lowest BCUT2D eigenvalue weighted by Crippen LogP contribution is -2.31. The zero-order valence-electron chi connectivity index (χ0n) is 17.8. The number of carbonyl (C=O) groups is 2. The quantitative estimate of drug-likeness (QED) is 0.643. The highest BCUT2D eigenvalue weighted by molar-refractivity contribution is 6.30. The van der Waals surface area contributed by atoms with Crippen molar-refractivity contribution in [1.82, 2.24) is 20.0 Å². The Hall–Kier alpha value is -3.12. The molecule has 0 unspecified atom stereocenters. The summed E-state index contributed by atoms with van der Waals surface area (Å²) >= 11 is 5.98. The van der Waals surface area contributed by atoms with Crippen molar-refractivity contribution in [2.45, 2.75) is 44.8 Å². The van der Waals surface area contributed by atoms with E-state index >= 15 is 0 Å². The summed E-state index contributed by atoms with van der Waals surface area (Å²) in [6.07, 6.45) is 3.77. The van der Waals surface area contributed by atoms with Gasteiger partial charge in [0, 0.05) is 30.7 Å². The third-order valence-electron chi connectivity index (χ3n) is 6.28. The first-order valence-corrected chi connectivity index (χ1v) is 11.5. The van der Waals surface area contributed by atoms with E-state index in [4.69, 9.17) is 11.6 Å². The SMILES string of the molecule is O=C(N[C@@H]1CCCc2ccccc21)c1cc2n(n1)CCCN(Cc1ccc(Cl)cc1)C2=O. The molecule has 164 valence electrons. The minimum Gasteiger partial charge on any atom is -0.344 e. The Morgan fingerprint density at radius 3 is 2.75 bits per heavy atom. The van der Waals surface area contributed by atoms with Crippen LogP contribution in [0.1, 0.15) is 63.0 Å². The molecule has 0 radical (unpaired) electrons. The lowest BCUT2D eigenvalue weighted by atomic mass is 9.87. The number of aryl methyl sites for hydroxylation is 2. The van der Waals surface area contributed by atoms with Crippen LogP contribution in [0.5, 0.6) is 0 Å². The van der Waals surface area contributed by atoms with E-state index in [2.05, 4.69) is 22.5 Å². The highest BCUT2D eigenvalue weighted by Crippen LogP contribution is 2.29. The number of rotatable bonds is 4. The Morgan fingerprint density at radius 2 is 1.91 bits per heavy atom. The average Bonchev–Trinajstić information content (AvgIpc) is 3.18. The first kappa shape index (κ1) is 20.8. The molecular weight excluding hydrogens is 424 g/mol. The van der Waals surface area contributed by atoms with Crippen LogP contribution >= 0.6 is 11.6 Å². The van der Waals surface area contributed by atoms with Crippen LogP contribution in [-0.4, -0.2) is 33.0 Å². The molecule has 0 saturated heterocycles. The molecule has 2 aliphatic rings. The van der Waals surface area contributed by atoms with Gasteiger partial charge in [-0.2, -0.15) is 5.10 Å². The van der Waals surface area contributed by atoms with Gasteiger partial charge in [0.2, 0.25) is 0 Å². The van der Waals surface area contributed by atoms with Crippen LogP contribution in [0.25, 0.3) is 0 Å². The Labute approximate surface area is 192 Å². The number of benzene rings is 2. The molecule has 1 aromatic heterocycles. The third-order valence-corrected chi connectivity index (χ3v) is 6.53. The second-order valence-electron chi connectivity index (χ2n) is 8.46. The van der Waals surface area contributed by atoms with E-state index in [0.29, 0.717) is 36.0 Å². The molecule has 7 heteroatoms. The van der Waals surface area contributed by atoms with Crippen molar-refractivity contribution in [3.63, 3.8) is 0 Å². The van der Waals surface area contributed by atoms with Crippen LogP contribution in [0.15, 0.2) is 54.6 Å². The van der Waals surface area contributed by atoms with Gasteiger partial charge in [0.25, 0.3) is 11.8 Å². The van der Waals surface area contributed by atoms with Gasteiger partial charge in [0.05, 0.1) is 6.04 Å². The summed E-state index contributed by atoms with van der Waals surface area (Å²) in [6.45, 7) is 1.75. The molecule has 1 aliphatic carbocycles. The summed E-state index contributed by atoms with van der Waals surface area (Å²) in [4.78, 5) is 28.0. The normalized spacial score (nSPS) is 18.0. The fourth-order valence-corrected chi connectivity index (χ4v) is 4.77. The van der Waals surface area contributed by atoms with Crippen molar-refractivity contribution < 1.29 is 9.59 Å². The largest absolute Gasteiger partial charge is 0.344 e. The van der Waals surface area contributed by atoms with E-state index in [1.165, 1.54) is 11.1 Å². The predicted molar refractivity (Wildman–Crippen MR) is 123 cm³/mol. The van der Waals surface area contributed by atoms with Gasteiger partial charge in [-0.25, -0.2) is 0 Å². The van der Waals surface area contributed by atoms with E-state index in [-0.39, 0.29) is 17.9 Å². The Bertz CT molecular complexity index is 1160. The summed E-state index contributed by atoms with van der Waals surface area (Å²) in [5, 5.41) is 8.28. The molecule has 1 N–H and O–H groups in total. The minimum atomic E-state index is -0.232. The molecule has 0 fully saturated rings. The maximum absolute atomic E-state index is 13.2. The molecule has 0 spiro atoms. The number of hydrogen-bond donors (Lipinski definition) is 1. The highest BCUT2D eigenvalue weighted by atomic mass is 35.5. The van der Waals surface area contributed by atoms with Crippen molar-refractivity contribution in [2.24, 2.45) is 0 Å². The van der Waals surface area contributed by atoms with Crippen molar-refractivity contribution >= 4 is 23.4 Å². The Kier molecular flexibility index (Phi) is 5.70. The average molecular weight is 449 g/mol. The molecule has 2 heterocycles. The third kappa shape index (κ3) is 4.15. The molecule has 1 atom stereocenters. The molecule has 5 rings (SSSR count). The zero-order valence-corrected chi connectivity index (χ0v) is 18.5. The van der Waals surface area contributed by atoms with Crippen LogP contribution < -0.4 is 5.32 Å². The van der Waals surface area contributed by atoms with E-state index < -0.39 is 0 Å². The number of fused-ring (bicyclic) bond motifs is 2. The molecule has 1 aliphatic heterocycles. The molecule has 32 heavy (non-hydrogen) atoms. The van der Waals surface area contributed by atoms with Crippen LogP contribution in [-0.2, 0) is 19.5 Å². The second kappa shape index (κ2) is 8.79. The minimum absolute atomic E-state index is 0.0222. The topological polar surface area (TPSA) is 67.2 Å². The number of nitrogens with one attached hydrogen (secondary N) is 1. The Morgan fingerprint density at radius 1 is 1.09 bits per heavy atom. The van der Waals surface area contributed by atoms with Gasteiger partial charge in [0.15, 0.2) is 5.69 Å². The standard InChI is InChI=1S/C25H25ClN4O2/c26-19-11-9-17(10-12-19)16-29-13-4-14-30-23(25(29)32)15-22(28-30)24(31)27-21-8-3-6-18-5-1-2-7-20(18)21/h1-2,5,7,9-12,15,21H,3-4,6,8,13-14,16H2,(H,27,31)/t21-/m1/s1. The maximum atomic E-state index is 13.2. The van der Waals surface area contributed by atoms with Crippen molar-refractivity contribution in [3.05, 3.63) is 87.7 Å². The molecule has 0 saturated carbocycles. The van der Waals surface area contributed by atoms with Gasteiger partial charge in [-0.05, 0) is 54.5 Å². The molecule has 0 bridgehead atoms. The zero-order chi connectivity index (χ0) is 22.1. The monoisotopic (exact) mass is 448 g/mol. The molecule has 2 aromatic carbocycles. The molecule has 6 nitrogen and oxygen atoms in total. The number of halogens is 1. The summed E-state index contributed by atoms with van der Waals surface area (Å²) in [5.74, 6) is -0.337. The smallest absolute Gasteiger partial charge is 0.272 e. The van der Waals surface area contributed by atoms with Gasteiger partial charge in [0.1, 0.15) is 5.69 Å². The number of amides is 2. The Balaban J connectivity index is 1.33. The van der Waals surface area contributed by atoms with E-state index in [1.807, 2.05) is 41.3 Å². The summed E-state index contributed by atoms with van der Waals surface area (Å²) in [7, 11) is 0. The van der Waals surface area contributed by atoms with Crippen molar-refractivity contribution in [3.8, 4) is 0 Å². The molecular formula is C25H25ClN4O2. The fourth-order valence-electron chi connectivity index (χ4n) is 4.64. The van der Waals surface area contributed by atoms with Gasteiger partial charge < -0.3 is 10.2 Å². The predicted octanol–water partition coefficient (Wildman–Crippen LogP) is 4.39. The van der Waals surface area contributed by atoms with Crippen LogP contribution in [0.2, 0.25) is 5.02 Å². The highest BCUT2D eigenvalue weighted by Gasteiger charge is 2.28.